The number of primary sulfonamides is 1. The molecule has 0 aromatic carbocycles. The van der Waals surface area contributed by atoms with Gasteiger partial charge in [-0.1, -0.05) is 0 Å². The minimum Gasteiger partial charge on any atom is -0.281 e. The average Bonchev–Trinajstić information content (AvgIpc) is 2.11. The van der Waals surface area contributed by atoms with Crippen LogP contribution in [-0.2, 0) is 10.0 Å². The number of nitrogens with two attached hydrogens (primary N) is 1. The molecule has 0 saturated carbocycles. The van der Waals surface area contributed by atoms with Gasteiger partial charge in [0.2, 0.25) is 0 Å². The molecule has 0 atom stereocenters. The highest BCUT2D eigenvalue weighted by atomic mass is 32.2. The third-order valence-electron chi connectivity index (χ3n) is 0.974. The van der Waals surface area contributed by atoms with Gasteiger partial charge in [-0.25, -0.2) is 13.6 Å². The molecule has 1 rings (SSSR count). The minimum absolute atomic E-state index is 0.120. The molecule has 0 amide bonds. The number of aryl methyl sites for hydroxylation is 1. The molecule has 0 spiro atoms. The number of rotatable bonds is 1. The van der Waals surface area contributed by atoms with E-state index in [1.54, 1.807) is 6.92 Å². The third-order valence-corrected chi connectivity index (χ3v) is 1.77. The predicted octanol–water partition coefficient (Wildman–Crippen LogP) is -0.634. The van der Waals surface area contributed by atoms with Crippen molar-refractivity contribution in [3.05, 3.63) is 11.8 Å². The first-order chi connectivity index (χ1) is 4.50. The fourth-order valence-electron chi connectivity index (χ4n) is 0.539. The summed E-state index contributed by atoms with van der Waals surface area (Å²) in [5.41, 5.74) is 0.670. The first-order valence-electron chi connectivity index (χ1n) is 2.55. The molecule has 0 unspecified atom stereocenters. The quantitative estimate of drug-likeness (QED) is 0.574. The summed E-state index contributed by atoms with van der Waals surface area (Å²) in [6.45, 7) is 1.70. The lowest BCUT2D eigenvalue weighted by Gasteiger charge is -1.85. The lowest BCUT2D eigenvalue weighted by atomic mass is 10.5. The number of sulfonamides is 1. The molecule has 1 heterocycles. The van der Waals surface area contributed by atoms with E-state index in [2.05, 4.69) is 10.2 Å². The fraction of sp³-hybridized carbons (Fsp3) is 0.250. The summed E-state index contributed by atoms with van der Waals surface area (Å²) in [5.74, 6) is 0. The van der Waals surface area contributed by atoms with E-state index in [9.17, 15) is 8.42 Å². The summed E-state index contributed by atoms with van der Waals surface area (Å²) in [6, 6.07) is 1.37. The molecule has 0 aliphatic heterocycles. The molecule has 0 aliphatic rings. The zero-order valence-corrected chi connectivity index (χ0v) is 6.14. The van der Waals surface area contributed by atoms with E-state index >= 15 is 0 Å². The van der Waals surface area contributed by atoms with Gasteiger partial charge >= 0.3 is 0 Å². The van der Waals surface area contributed by atoms with E-state index in [1.165, 1.54) is 6.07 Å². The molecule has 6 heteroatoms. The SMILES string of the molecule is Cc1cc(S(N)(=O)=O)n[nH]1. The highest BCUT2D eigenvalue weighted by molar-refractivity contribution is 7.89. The monoisotopic (exact) mass is 161 g/mol. The third kappa shape index (κ3) is 1.34. The van der Waals surface area contributed by atoms with Crippen LogP contribution in [0, 0.1) is 6.92 Å². The van der Waals surface area contributed by atoms with E-state index in [-0.39, 0.29) is 5.03 Å². The van der Waals surface area contributed by atoms with Crippen LogP contribution in [0.25, 0.3) is 0 Å². The van der Waals surface area contributed by atoms with Crippen molar-refractivity contribution in [3.8, 4) is 0 Å². The van der Waals surface area contributed by atoms with Gasteiger partial charge in [0.1, 0.15) is 0 Å². The van der Waals surface area contributed by atoms with Crippen molar-refractivity contribution < 1.29 is 8.42 Å². The second-order valence-electron chi connectivity index (χ2n) is 1.93. The van der Waals surface area contributed by atoms with Gasteiger partial charge < -0.3 is 0 Å². The van der Waals surface area contributed by atoms with Crippen molar-refractivity contribution >= 4 is 10.0 Å². The summed E-state index contributed by atoms with van der Waals surface area (Å²) < 4.78 is 21.1. The molecule has 3 N–H and O–H groups in total. The molecular formula is C4H7N3O2S. The van der Waals surface area contributed by atoms with Gasteiger partial charge in [0.25, 0.3) is 10.0 Å². The normalized spacial score (nSPS) is 11.8. The predicted molar refractivity (Wildman–Crippen MR) is 34.7 cm³/mol. The summed E-state index contributed by atoms with van der Waals surface area (Å²) in [7, 11) is -3.62. The number of nitrogens with zero attached hydrogens (tertiary/aromatic N) is 1. The van der Waals surface area contributed by atoms with Crippen LogP contribution < -0.4 is 5.14 Å². The van der Waals surface area contributed by atoms with Crippen molar-refractivity contribution in [3.63, 3.8) is 0 Å². The molecule has 10 heavy (non-hydrogen) atoms. The van der Waals surface area contributed by atoms with Crippen LogP contribution in [0.15, 0.2) is 11.1 Å². The average molecular weight is 161 g/mol. The molecule has 1 aromatic rings. The zero-order chi connectivity index (χ0) is 7.78. The first-order valence-corrected chi connectivity index (χ1v) is 4.09. The first kappa shape index (κ1) is 7.23. The molecule has 0 aliphatic carbocycles. The maximum atomic E-state index is 10.5. The number of H-pyrrole nitrogens is 1. The number of aromatic nitrogens is 2. The van der Waals surface area contributed by atoms with Crippen molar-refractivity contribution in [1.82, 2.24) is 10.2 Å². The second-order valence-corrected chi connectivity index (χ2v) is 3.44. The van der Waals surface area contributed by atoms with E-state index in [1.807, 2.05) is 0 Å². The number of aromatic amines is 1. The largest absolute Gasteiger partial charge is 0.281 e. The zero-order valence-electron chi connectivity index (χ0n) is 5.33. The smallest absolute Gasteiger partial charge is 0.257 e. The van der Waals surface area contributed by atoms with E-state index in [0.717, 1.165) is 0 Å². The van der Waals surface area contributed by atoms with E-state index < -0.39 is 10.0 Å². The number of hydrogen-bond acceptors (Lipinski definition) is 3. The molecule has 0 fully saturated rings. The Morgan fingerprint density at radius 2 is 2.30 bits per heavy atom. The second kappa shape index (κ2) is 2.06. The van der Waals surface area contributed by atoms with Crippen molar-refractivity contribution in [2.45, 2.75) is 11.9 Å². The molecule has 5 nitrogen and oxygen atoms in total. The van der Waals surface area contributed by atoms with Crippen LogP contribution in [0.1, 0.15) is 5.69 Å². The van der Waals surface area contributed by atoms with Crippen LogP contribution in [0.5, 0.6) is 0 Å². The Balaban J connectivity index is 3.21. The molecule has 56 valence electrons. The van der Waals surface area contributed by atoms with Crippen molar-refractivity contribution in [2.75, 3.05) is 0 Å². The highest BCUT2D eigenvalue weighted by Crippen LogP contribution is 2.01. The van der Waals surface area contributed by atoms with Crippen LogP contribution in [0.2, 0.25) is 0 Å². The highest BCUT2D eigenvalue weighted by Gasteiger charge is 2.09. The Morgan fingerprint density at radius 3 is 2.50 bits per heavy atom. The maximum Gasteiger partial charge on any atom is 0.257 e. The van der Waals surface area contributed by atoms with Gasteiger partial charge in [0, 0.05) is 5.69 Å². The van der Waals surface area contributed by atoms with Crippen LogP contribution in [-0.4, -0.2) is 18.6 Å². The number of nitrogens with one attached hydrogen (secondary N) is 1. The fourth-order valence-corrected chi connectivity index (χ4v) is 1.05. The minimum atomic E-state index is -3.62. The topological polar surface area (TPSA) is 88.8 Å². The molecule has 1 aromatic heterocycles. The van der Waals surface area contributed by atoms with Crippen LogP contribution in [0.3, 0.4) is 0 Å². The maximum absolute atomic E-state index is 10.5. The van der Waals surface area contributed by atoms with Gasteiger partial charge in [-0.3, -0.25) is 5.10 Å². The summed E-state index contributed by atoms with van der Waals surface area (Å²) >= 11 is 0. The van der Waals surface area contributed by atoms with E-state index in [0.29, 0.717) is 5.69 Å². The summed E-state index contributed by atoms with van der Waals surface area (Å²) in [6.07, 6.45) is 0. The van der Waals surface area contributed by atoms with Gasteiger partial charge in [-0.05, 0) is 13.0 Å². The van der Waals surface area contributed by atoms with Gasteiger partial charge in [0.15, 0.2) is 5.03 Å². The van der Waals surface area contributed by atoms with Gasteiger partial charge in [-0.2, -0.15) is 5.10 Å². The lowest BCUT2D eigenvalue weighted by Crippen LogP contribution is -2.12. The van der Waals surface area contributed by atoms with Gasteiger partial charge in [0.05, 0.1) is 0 Å². The Morgan fingerprint density at radius 1 is 1.70 bits per heavy atom. The van der Waals surface area contributed by atoms with Crippen molar-refractivity contribution in [2.24, 2.45) is 5.14 Å². The molecule has 0 saturated heterocycles. The van der Waals surface area contributed by atoms with Crippen molar-refractivity contribution in [1.29, 1.82) is 0 Å². The Bertz CT molecular complexity index is 326. The summed E-state index contributed by atoms with van der Waals surface area (Å²) in [4.78, 5) is 0. The van der Waals surface area contributed by atoms with E-state index in [4.69, 9.17) is 5.14 Å². The Kier molecular flexibility index (Phi) is 1.49. The molecular weight excluding hydrogens is 154 g/mol. The molecule has 0 bridgehead atoms. The van der Waals surface area contributed by atoms with Gasteiger partial charge in [-0.15, -0.1) is 0 Å². The number of hydrogen-bond donors (Lipinski definition) is 2. The standard InChI is InChI=1S/C4H7N3O2S/c1-3-2-4(7-6-3)10(5,8)9/h2H,1H3,(H,6,7)(H2,5,8,9). The van der Waals surface area contributed by atoms with Crippen LogP contribution >= 0.6 is 0 Å². The Labute approximate surface area is 58.3 Å². The summed E-state index contributed by atoms with van der Waals surface area (Å²) in [5, 5.41) is 10.6. The lowest BCUT2D eigenvalue weighted by molar-refractivity contribution is 0.593. The Hall–Kier alpha value is -0.880. The van der Waals surface area contributed by atoms with Crippen LogP contribution in [0.4, 0.5) is 0 Å². The molecule has 0 radical (unpaired) electrons.